The first-order valence-electron chi connectivity index (χ1n) is 11.0. The molecule has 4 aromatic heterocycles. The van der Waals surface area contributed by atoms with Crippen LogP contribution in [0.3, 0.4) is 0 Å². The first kappa shape index (κ1) is 27.4. The van der Waals surface area contributed by atoms with E-state index in [9.17, 15) is 22.0 Å². The Morgan fingerprint density at radius 2 is 0.897 bits per heavy atom. The van der Waals surface area contributed by atoms with Gasteiger partial charge in [0.2, 0.25) is 5.82 Å². The van der Waals surface area contributed by atoms with Crippen LogP contribution in [0.4, 0.5) is 22.0 Å². The molecule has 0 radical (unpaired) electrons. The quantitative estimate of drug-likeness (QED) is 0.0842. The van der Waals surface area contributed by atoms with Crippen LogP contribution in [-0.2, 0) is 11.2 Å². The monoisotopic (exact) mass is 639 g/mol. The summed E-state index contributed by atoms with van der Waals surface area (Å²) in [5.74, 6) is -9.99. The third-order valence-electron chi connectivity index (χ3n) is 5.77. The van der Waals surface area contributed by atoms with Crippen LogP contribution in [0.25, 0.3) is 35.4 Å². The fourth-order valence-electron chi connectivity index (χ4n) is 4.18. The summed E-state index contributed by atoms with van der Waals surface area (Å²) in [4.78, 5) is 12.7. The molecule has 8 bridgehead atoms. The number of rotatable bonds is 1. The molecule has 0 aliphatic carbocycles. The van der Waals surface area contributed by atoms with E-state index >= 15 is 0 Å². The molecular weight excluding hydrogens is 626 g/mol. The molecule has 0 amide bonds. The number of hydrogen-bond donors (Lipinski definition) is 4. The Hall–Kier alpha value is -3.14. The SMILES string of the molecule is Fc1c(F)c(F)c(-c2cc3[nH]c2=Cc2ccc([nH]2)C=c2ccc([nH]2)=Cc2ccc([nH]2)C=3)c(F)c1F.[Cl][Fe]([Cl])[Cl]. The summed E-state index contributed by atoms with van der Waals surface area (Å²) in [6.07, 6.45) is 7.00. The van der Waals surface area contributed by atoms with Gasteiger partial charge in [0, 0.05) is 49.7 Å². The molecule has 0 saturated carbocycles. The molecule has 0 spiro atoms. The van der Waals surface area contributed by atoms with Gasteiger partial charge >= 0.3 is 41.5 Å². The number of fused-ring (bicyclic) bond motifs is 8. The minimum atomic E-state index is -2.20. The summed E-state index contributed by atoms with van der Waals surface area (Å²) in [5.41, 5.74) is 1.61. The van der Waals surface area contributed by atoms with Crippen LogP contribution in [0.1, 0.15) is 22.8 Å². The zero-order valence-electron chi connectivity index (χ0n) is 19.2. The molecule has 5 aromatic rings. The molecule has 1 aliphatic rings. The van der Waals surface area contributed by atoms with Gasteiger partial charge in [-0.15, -0.1) is 0 Å². The van der Waals surface area contributed by atoms with Gasteiger partial charge in [0.15, 0.2) is 23.3 Å². The third kappa shape index (κ3) is 5.90. The van der Waals surface area contributed by atoms with Crippen LogP contribution in [-0.4, -0.2) is 19.9 Å². The van der Waals surface area contributed by atoms with E-state index in [0.29, 0.717) is 16.7 Å². The summed E-state index contributed by atoms with van der Waals surface area (Å²) in [6, 6.07) is 12.4. The van der Waals surface area contributed by atoms with Crippen molar-refractivity contribution in [3.05, 3.63) is 116 Å². The van der Waals surface area contributed by atoms with Crippen LogP contribution in [0.5, 0.6) is 0 Å². The molecule has 0 atom stereocenters. The van der Waals surface area contributed by atoms with Crippen LogP contribution >= 0.6 is 30.3 Å². The number of aromatic amines is 4. The Bertz CT molecular complexity index is 1910. The van der Waals surface area contributed by atoms with Gasteiger partial charge in [-0.2, -0.15) is 0 Å². The van der Waals surface area contributed by atoms with Gasteiger partial charge < -0.3 is 19.9 Å². The van der Waals surface area contributed by atoms with Crippen LogP contribution in [0, 0.1) is 29.1 Å². The van der Waals surface area contributed by atoms with Crippen molar-refractivity contribution >= 4 is 54.6 Å². The Morgan fingerprint density at radius 3 is 1.38 bits per heavy atom. The first-order valence-corrected chi connectivity index (χ1v) is 15.5. The molecule has 4 nitrogen and oxygen atoms in total. The van der Waals surface area contributed by atoms with E-state index in [1.165, 1.54) is 6.07 Å². The Labute approximate surface area is 233 Å². The normalized spacial score (nSPS) is 12.4. The average molecular weight is 641 g/mol. The van der Waals surface area contributed by atoms with Gasteiger partial charge in [-0.3, -0.25) is 0 Å². The second-order valence-electron chi connectivity index (χ2n) is 8.33. The zero-order valence-corrected chi connectivity index (χ0v) is 22.6. The number of halogens is 8. The topological polar surface area (TPSA) is 63.2 Å². The van der Waals surface area contributed by atoms with Gasteiger partial charge in [-0.1, -0.05) is 0 Å². The molecule has 6 rings (SSSR count). The average Bonchev–Trinajstić information content (AvgIpc) is 3.67. The van der Waals surface area contributed by atoms with Crippen LogP contribution in [0.15, 0.2) is 42.5 Å². The van der Waals surface area contributed by atoms with Gasteiger partial charge in [0.05, 0.1) is 5.56 Å². The first-order chi connectivity index (χ1) is 18.6. The molecule has 13 heteroatoms. The Morgan fingerprint density at radius 1 is 0.487 bits per heavy atom. The fourth-order valence-corrected chi connectivity index (χ4v) is 4.18. The summed E-state index contributed by atoms with van der Waals surface area (Å²) in [6.45, 7) is 0. The molecule has 5 heterocycles. The van der Waals surface area contributed by atoms with Crippen molar-refractivity contribution in [2.24, 2.45) is 0 Å². The zero-order chi connectivity index (χ0) is 27.8. The summed E-state index contributed by atoms with van der Waals surface area (Å²) < 4.78 is 71.0. The number of benzene rings is 1. The number of hydrogen-bond acceptors (Lipinski definition) is 0. The molecule has 0 fully saturated rings. The minimum absolute atomic E-state index is 0.166. The second kappa shape index (κ2) is 11.2. The van der Waals surface area contributed by atoms with Crippen molar-refractivity contribution in [2.45, 2.75) is 0 Å². The fraction of sp³-hybridized carbons (Fsp3) is 0. The summed E-state index contributed by atoms with van der Waals surface area (Å²) in [5, 5.41) is 2.29. The number of aromatic nitrogens is 4. The van der Waals surface area contributed by atoms with E-state index in [1.807, 2.05) is 30.4 Å². The maximum absolute atomic E-state index is 14.7. The van der Waals surface area contributed by atoms with Gasteiger partial charge in [0.25, 0.3) is 0 Å². The Balaban J connectivity index is 0.000000723. The van der Waals surface area contributed by atoms with E-state index in [4.69, 9.17) is 30.3 Å². The predicted molar refractivity (Wildman–Crippen MR) is 139 cm³/mol. The number of nitrogens with one attached hydrogen (secondary N) is 4. The summed E-state index contributed by atoms with van der Waals surface area (Å²) >= 11 is -1.33. The van der Waals surface area contributed by atoms with E-state index in [0.717, 1.165) is 22.1 Å². The Kier molecular flexibility index (Phi) is 7.84. The molecular formula is C26H15Cl3F5FeN4. The van der Waals surface area contributed by atoms with Crippen molar-refractivity contribution in [3.8, 4) is 11.1 Å². The molecule has 0 unspecified atom stereocenters. The second-order valence-corrected chi connectivity index (χ2v) is 13.8. The maximum atomic E-state index is 14.7. The summed E-state index contributed by atoms with van der Waals surface area (Å²) in [7, 11) is 14.7. The standard InChI is InChI=1S/C26H15F5N4.3ClH.Fe/c27-22-21(23(28)25(30)26(31)24(22)29)19-10-18-9-16-4-3-14(33-16)7-12-1-2-13(32-12)8-15-5-6-17(34-15)11-20(19)35-18;;;;/h1-11,32-35H;3*1H;/q;;;;+3/p-3. The molecule has 0 saturated heterocycles. The van der Waals surface area contributed by atoms with Crippen molar-refractivity contribution in [3.63, 3.8) is 0 Å². The molecule has 4 N–H and O–H groups in total. The molecule has 1 aliphatic heterocycles. The van der Waals surface area contributed by atoms with Crippen molar-refractivity contribution in [1.82, 2.24) is 19.9 Å². The van der Waals surface area contributed by atoms with Gasteiger partial charge in [0.1, 0.15) is 0 Å². The third-order valence-corrected chi connectivity index (χ3v) is 5.77. The molecule has 203 valence electrons. The van der Waals surface area contributed by atoms with Gasteiger partial charge in [-0.05, 0) is 66.8 Å². The van der Waals surface area contributed by atoms with Crippen molar-refractivity contribution < 1.29 is 33.1 Å². The van der Waals surface area contributed by atoms with Crippen molar-refractivity contribution in [2.75, 3.05) is 0 Å². The van der Waals surface area contributed by atoms with Gasteiger partial charge in [-0.25, -0.2) is 22.0 Å². The van der Waals surface area contributed by atoms with E-state index in [-0.39, 0.29) is 10.9 Å². The van der Waals surface area contributed by atoms with Crippen LogP contribution in [0.2, 0.25) is 0 Å². The molecule has 39 heavy (non-hydrogen) atoms. The number of H-pyrrole nitrogens is 4. The van der Waals surface area contributed by atoms with E-state index < -0.39 is 45.8 Å². The molecule has 1 aromatic carbocycles. The predicted octanol–water partition coefficient (Wildman–Crippen LogP) is 5.06. The van der Waals surface area contributed by atoms with Crippen molar-refractivity contribution in [1.29, 1.82) is 0 Å². The van der Waals surface area contributed by atoms with E-state index in [2.05, 4.69) is 19.9 Å². The van der Waals surface area contributed by atoms with Crippen LogP contribution < -0.4 is 21.4 Å². The van der Waals surface area contributed by atoms with E-state index in [1.54, 1.807) is 30.4 Å².